The highest BCUT2D eigenvalue weighted by molar-refractivity contribution is 7.89. The minimum atomic E-state index is -3.75. The summed E-state index contributed by atoms with van der Waals surface area (Å²) in [7, 11) is -3.75. The van der Waals surface area contributed by atoms with Crippen LogP contribution in [0.5, 0.6) is 0 Å². The lowest BCUT2D eigenvalue weighted by Gasteiger charge is -2.26. The molecule has 146 valence electrons. The Labute approximate surface area is 158 Å². The molecular weight excluding hydrogens is 370 g/mol. The number of morpholine rings is 1. The van der Waals surface area contributed by atoms with Crippen molar-refractivity contribution in [2.45, 2.75) is 30.2 Å². The van der Waals surface area contributed by atoms with Crippen molar-refractivity contribution >= 4 is 21.4 Å². The standard InChI is InChI=1S/C18H23N3O5S/c22-21(23)15-10-13(27(24,25)20-5-7-26-8-6-20)3-4-14(15)19-18-16-11-1-2-12(9-11)17(16)18/h3-4,10-12,16-19H,1-2,5-9H2. The quantitative estimate of drug-likeness (QED) is 0.607. The van der Waals surface area contributed by atoms with Crippen molar-refractivity contribution in [3.8, 4) is 0 Å². The number of hydrogen-bond donors (Lipinski definition) is 1. The Hall–Kier alpha value is -1.71. The Bertz CT molecular complexity index is 867. The van der Waals surface area contributed by atoms with Gasteiger partial charge in [-0.15, -0.1) is 0 Å². The van der Waals surface area contributed by atoms with Crippen molar-refractivity contribution in [1.82, 2.24) is 4.31 Å². The average molecular weight is 393 g/mol. The van der Waals surface area contributed by atoms with Crippen LogP contribution < -0.4 is 5.32 Å². The van der Waals surface area contributed by atoms with E-state index in [4.69, 9.17) is 4.74 Å². The van der Waals surface area contributed by atoms with Gasteiger partial charge in [0, 0.05) is 25.2 Å². The molecule has 4 unspecified atom stereocenters. The van der Waals surface area contributed by atoms with Gasteiger partial charge in [-0.25, -0.2) is 8.42 Å². The minimum absolute atomic E-state index is 0.0299. The third kappa shape index (κ3) is 2.75. The first-order valence-corrected chi connectivity index (χ1v) is 11.0. The Kier molecular flexibility index (Phi) is 3.96. The summed E-state index contributed by atoms with van der Waals surface area (Å²) in [4.78, 5) is 11.1. The molecule has 0 radical (unpaired) electrons. The smallest absolute Gasteiger partial charge is 0.293 e. The number of anilines is 1. The molecule has 1 N–H and O–H groups in total. The molecule has 1 aromatic rings. The monoisotopic (exact) mass is 393 g/mol. The zero-order valence-corrected chi connectivity index (χ0v) is 15.7. The van der Waals surface area contributed by atoms with Crippen molar-refractivity contribution in [2.24, 2.45) is 23.7 Å². The normalized spacial score (nSPS) is 35.0. The largest absolute Gasteiger partial charge is 0.379 e. The maximum absolute atomic E-state index is 12.8. The van der Waals surface area contributed by atoms with Gasteiger partial charge in [-0.1, -0.05) is 0 Å². The molecule has 8 nitrogen and oxygen atoms in total. The molecule has 0 spiro atoms. The van der Waals surface area contributed by atoms with Crippen molar-refractivity contribution in [1.29, 1.82) is 0 Å². The molecule has 4 aliphatic rings. The number of nitro benzene ring substituents is 1. The second kappa shape index (κ2) is 6.15. The maximum Gasteiger partial charge on any atom is 0.293 e. The third-order valence-corrected chi connectivity index (χ3v) is 8.73. The number of sulfonamides is 1. The van der Waals surface area contributed by atoms with Crippen molar-refractivity contribution in [3.05, 3.63) is 28.3 Å². The number of benzene rings is 1. The number of nitrogens with zero attached hydrogens (tertiary/aromatic N) is 2. The molecule has 2 bridgehead atoms. The van der Waals surface area contributed by atoms with E-state index >= 15 is 0 Å². The van der Waals surface area contributed by atoms with Crippen LogP contribution in [0.15, 0.2) is 23.1 Å². The fourth-order valence-electron chi connectivity index (χ4n) is 5.58. The number of fused-ring (bicyclic) bond motifs is 5. The summed E-state index contributed by atoms with van der Waals surface area (Å²) in [6, 6.07) is 4.53. The number of hydrogen-bond acceptors (Lipinski definition) is 6. The summed E-state index contributed by atoms with van der Waals surface area (Å²) in [6.07, 6.45) is 3.87. The van der Waals surface area contributed by atoms with Gasteiger partial charge < -0.3 is 10.1 Å². The van der Waals surface area contributed by atoms with Crippen LogP contribution >= 0.6 is 0 Å². The van der Waals surface area contributed by atoms with Crippen molar-refractivity contribution in [2.75, 3.05) is 31.6 Å². The summed E-state index contributed by atoms with van der Waals surface area (Å²) < 4.78 is 32.1. The van der Waals surface area contributed by atoms with Gasteiger partial charge in [0.2, 0.25) is 10.0 Å². The topological polar surface area (TPSA) is 102 Å². The molecule has 1 aromatic carbocycles. The van der Waals surface area contributed by atoms with Gasteiger partial charge >= 0.3 is 0 Å². The molecule has 27 heavy (non-hydrogen) atoms. The van der Waals surface area contributed by atoms with Gasteiger partial charge in [0.1, 0.15) is 5.69 Å². The van der Waals surface area contributed by atoms with Gasteiger partial charge in [0.25, 0.3) is 5.69 Å². The number of rotatable bonds is 5. The van der Waals surface area contributed by atoms with Gasteiger partial charge in [-0.05, 0) is 55.1 Å². The van der Waals surface area contributed by atoms with E-state index in [-0.39, 0.29) is 23.7 Å². The van der Waals surface area contributed by atoms with E-state index in [0.717, 1.165) is 11.8 Å². The van der Waals surface area contributed by atoms with E-state index in [1.54, 1.807) is 6.07 Å². The molecule has 1 saturated heterocycles. The van der Waals surface area contributed by atoms with Gasteiger partial charge in [-0.3, -0.25) is 10.1 Å². The lowest BCUT2D eigenvalue weighted by Crippen LogP contribution is -2.40. The van der Waals surface area contributed by atoms with Gasteiger partial charge in [0.05, 0.1) is 23.0 Å². The van der Waals surface area contributed by atoms with Crippen LogP contribution in [-0.2, 0) is 14.8 Å². The molecule has 3 aliphatic carbocycles. The first kappa shape index (κ1) is 17.4. The highest BCUT2D eigenvalue weighted by atomic mass is 32.2. The molecule has 1 aliphatic heterocycles. The lowest BCUT2D eigenvalue weighted by atomic mass is 10.0. The molecule has 0 aromatic heterocycles. The molecular formula is C18H23N3O5S. The Morgan fingerprint density at radius 1 is 1.15 bits per heavy atom. The minimum Gasteiger partial charge on any atom is -0.379 e. The fourth-order valence-corrected chi connectivity index (χ4v) is 7.01. The highest BCUT2D eigenvalue weighted by Gasteiger charge is 2.65. The maximum atomic E-state index is 12.8. The SMILES string of the molecule is O=[N+]([O-])c1cc(S(=O)(=O)N2CCOCC2)ccc1NC1C2C3CCC(C3)C12. The molecule has 9 heteroatoms. The van der Waals surface area contributed by atoms with E-state index < -0.39 is 14.9 Å². The van der Waals surface area contributed by atoms with Crippen LogP contribution in [-0.4, -0.2) is 50.0 Å². The van der Waals surface area contributed by atoms with Crippen LogP contribution in [0.3, 0.4) is 0 Å². The van der Waals surface area contributed by atoms with Crippen LogP contribution in [0.4, 0.5) is 11.4 Å². The molecule has 4 atom stereocenters. The third-order valence-electron chi connectivity index (χ3n) is 6.83. The Balaban J connectivity index is 1.40. The zero-order valence-electron chi connectivity index (χ0n) is 14.9. The van der Waals surface area contributed by atoms with E-state index in [1.807, 2.05) is 0 Å². The van der Waals surface area contributed by atoms with E-state index in [9.17, 15) is 18.5 Å². The second-order valence-corrected chi connectivity index (χ2v) is 10.0. The molecule has 5 rings (SSSR count). The summed E-state index contributed by atoms with van der Waals surface area (Å²) >= 11 is 0. The molecule has 4 fully saturated rings. The Morgan fingerprint density at radius 2 is 1.81 bits per heavy atom. The second-order valence-electron chi connectivity index (χ2n) is 8.11. The van der Waals surface area contributed by atoms with Crippen LogP contribution in [0.1, 0.15) is 19.3 Å². The summed E-state index contributed by atoms with van der Waals surface area (Å²) in [5.74, 6) is 2.80. The first-order chi connectivity index (χ1) is 13.0. The van der Waals surface area contributed by atoms with E-state index in [2.05, 4.69) is 5.32 Å². The van der Waals surface area contributed by atoms with Gasteiger partial charge in [-0.2, -0.15) is 4.31 Å². The molecule has 1 heterocycles. The van der Waals surface area contributed by atoms with Crippen LogP contribution in [0, 0.1) is 33.8 Å². The summed E-state index contributed by atoms with van der Waals surface area (Å²) in [5, 5.41) is 15.0. The predicted octanol–water partition coefficient (Wildman–Crippen LogP) is 2.07. The number of ether oxygens (including phenoxy) is 1. The number of nitrogens with one attached hydrogen (secondary N) is 1. The van der Waals surface area contributed by atoms with E-state index in [1.165, 1.54) is 35.7 Å². The highest BCUT2D eigenvalue weighted by Crippen LogP contribution is 2.66. The van der Waals surface area contributed by atoms with Gasteiger partial charge in [0.15, 0.2) is 0 Å². The first-order valence-electron chi connectivity index (χ1n) is 9.59. The van der Waals surface area contributed by atoms with Crippen LogP contribution in [0.2, 0.25) is 0 Å². The average Bonchev–Trinajstić information content (AvgIpc) is 3.04. The van der Waals surface area contributed by atoms with Crippen molar-refractivity contribution < 1.29 is 18.1 Å². The fraction of sp³-hybridized carbons (Fsp3) is 0.667. The zero-order chi connectivity index (χ0) is 18.8. The van der Waals surface area contributed by atoms with Crippen LogP contribution in [0.25, 0.3) is 0 Å². The van der Waals surface area contributed by atoms with E-state index in [0.29, 0.717) is 36.8 Å². The summed E-state index contributed by atoms with van der Waals surface area (Å²) in [5.41, 5.74) is 0.265. The Morgan fingerprint density at radius 3 is 2.44 bits per heavy atom. The lowest BCUT2D eigenvalue weighted by molar-refractivity contribution is -0.384. The predicted molar refractivity (Wildman–Crippen MR) is 97.9 cm³/mol. The number of nitro groups is 1. The summed E-state index contributed by atoms with van der Waals surface area (Å²) in [6.45, 7) is 1.22. The molecule has 3 saturated carbocycles. The van der Waals surface area contributed by atoms with Crippen molar-refractivity contribution in [3.63, 3.8) is 0 Å². The molecule has 0 amide bonds.